The zero-order valence-corrected chi connectivity index (χ0v) is 8.31. The minimum Gasteiger partial charge on any atom is -0.387 e. The fourth-order valence-corrected chi connectivity index (χ4v) is 1.19. The number of hydrogen-bond donors (Lipinski definition) is 1. The van der Waals surface area contributed by atoms with Crippen LogP contribution in [0.5, 0.6) is 0 Å². The van der Waals surface area contributed by atoms with Gasteiger partial charge in [-0.25, -0.2) is 0 Å². The second-order valence-electron chi connectivity index (χ2n) is 3.21. The van der Waals surface area contributed by atoms with Gasteiger partial charge >= 0.3 is 0 Å². The monoisotopic (exact) mass is 193 g/mol. The van der Waals surface area contributed by atoms with E-state index in [1.165, 1.54) is 10.5 Å². The van der Waals surface area contributed by atoms with E-state index in [-0.39, 0.29) is 5.91 Å². The van der Waals surface area contributed by atoms with Crippen LogP contribution in [0.3, 0.4) is 0 Å². The highest BCUT2D eigenvalue weighted by atomic mass is 16.3. The minimum atomic E-state index is -0.411. The summed E-state index contributed by atoms with van der Waals surface area (Å²) in [4.78, 5) is 12.5. The molecule has 14 heavy (non-hydrogen) atoms. The van der Waals surface area contributed by atoms with E-state index in [1.54, 1.807) is 7.05 Å². The van der Waals surface area contributed by atoms with Crippen LogP contribution in [0.4, 0.5) is 0 Å². The number of carbonyl (C=O) groups excluding carboxylic acids is 1. The molecule has 76 valence electrons. The molecule has 0 saturated heterocycles. The number of aliphatic hydroxyl groups excluding tert-OH is 1. The van der Waals surface area contributed by atoms with Crippen LogP contribution in [0.15, 0.2) is 30.3 Å². The molecule has 1 aromatic carbocycles. The number of hydrogen-bond acceptors (Lipinski definition) is 2. The van der Waals surface area contributed by atoms with Crippen molar-refractivity contribution >= 4 is 5.91 Å². The second-order valence-corrected chi connectivity index (χ2v) is 3.21. The van der Waals surface area contributed by atoms with Crippen molar-refractivity contribution in [2.24, 2.45) is 0 Å². The summed E-state index contributed by atoms with van der Waals surface area (Å²) in [5, 5.41) is 8.61. The normalized spacial score (nSPS) is 9.86. The average Bonchev–Trinajstić information content (AvgIpc) is 2.26. The maximum Gasteiger partial charge on any atom is 0.248 e. The van der Waals surface area contributed by atoms with Gasteiger partial charge in [-0.2, -0.15) is 0 Å². The lowest BCUT2D eigenvalue weighted by molar-refractivity contribution is -0.132. The molecule has 1 N–H and O–H groups in total. The van der Waals surface area contributed by atoms with Crippen molar-refractivity contribution in [3.05, 3.63) is 35.9 Å². The number of rotatable bonds is 4. The zero-order chi connectivity index (χ0) is 10.4. The van der Waals surface area contributed by atoms with Gasteiger partial charge in [-0.1, -0.05) is 30.3 Å². The summed E-state index contributed by atoms with van der Waals surface area (Å²) in [5.74, 6) is -0.235. The third-order valence-corrected chi connectivity index (χ3v) is 2.14. The fraction of sp³-hybridized carbons (Fsp3) is 0.364. The van der Waals surface area contributed by atoms with E-state index < -0.39 is 6.61 Å². The quantitative estimate of drug-likeness (QED) is 0.764. The minimum absolute atomic E-state index is 0.235. The van der Waals surface area contributed by atoms with Gasteiger partial charge in [-0.3, -0.25) is 4.79 Å². The lowest BCUT2D eigenvalue weighted by Gasteiger charge is -2.15. The Morgan fingerprint density at radius 2 is 2.00 bits per heavy atom. The van der Waals surface area contributed by atoms with Crippen LogP contribution in [0.25, 0.3) is 0 Å². The molecule has 0 saturated carbocycles. The summed E-state index contributed by atoms with van der Waals surface area (Å²) in [6.45, 7) is 0.231. The lowest BCUT2D eigenvalue weighted by atomic mass is 10.1. The molecule has 0 atom stereocenters. The Balaban J connectivity index is 2.38. The Labute approximate surface area is 84.0 Å². The van der Waals surface area contributed by atoms with Crippen molar-refractivity contribution in [2.75, 3.05) is 20.2 Å². The van der Waals surface area contributed by atoms with E-state index in [9.17, 15) is 4.79 Å². The van der Waals surface area contributed by atoms with Gasteiger partial charge < -0.3 is 10.0 Å². The highest BCUT2D eigenvalue weighted by Crippen LogP contribution is 2.00. The zero-order valence-electron chi connectivity index (χ0n) is 8.31. The van der Waals surface area contributed by atoms with E-state index in [4.69, 9.17) is 5.11 Å². The van der Waals surface area contributed by atoms with E-state index in [2.05, 4.69) is 0 Å². The van der Waals surface area contributed by atoms with Gasteiger partial charge in [-0.05, 0) is 12.0 Å². The van der Waals surface area contributed by atoms with Crippen LogP contribution in [-0.2, 0) is 11.2 Å². The molecule has 1 aromatic rings. The summed E-state index contributed by atoms with van der Waals surface area (Å²) >= 11 is 0. The summed E-state index contributed by atoms with van der Waals surface area (Å²) in [5.41, 5.74) is 1.20. The largest absolute Gasteiger partial charge is 0.387 e. The smallest absolute Gasteiger partial charge is 0.248 e. The van der Waals surface area contributed by atoms with E-state index in [0.29, 0.717) is 6.54 Å². The van der Waals surface area contributed by atoms with Crippen LogP contribution in [0.1, 0.15) is 5.56 Å². The van der Waals surface area contributed by atoms with Crippen LogP contribution in [-0.4, -0.2) is 36.1 Å². The lowest BCUT2D eigenvalue weighted by Crippen LogP contribution is -2.31. The molecule has 0 bridgehead atoms. The number of likely N-dealkylation sites (N-methyl/N-ethyl adjacent to an activating group) is 1. The van der Waals surface area contributed by atoms with Crippen LogP contribution in [0.2, 0.25) is 0 Å². The fourth-order valence-electron chi connectivity index (χ4n) is 1.19. The Bertz CT molecular complexity index is 285. The number of amides is 1. The van der Waals surface area contributed by atoms with Gasteiger partial charge in [0.15, 0.2) is 0 Å². The maximum absolute atomic E-state index is 11.0. The molecule has 0 aliphatic carbocycles. The summed E-state index contributed by atoms with van der Waals surface area (Å²) in [6, 6.07) is 9.97. The first-order valence-corrected chi connectivity index (χ1v) is 4.63. The Morgan fingerprint density at radius 3 is 2.57 bits per heavy atom. The van der Waals surface area contributed by atoms with Gasteiger partial charge in [0.1, 0.15) is 6.61 Å². The molecular weight excluding hydrogens is 178 g/mol. The molecular formula is C11H15NO2. The van der Waals surface area contributed by atoms with Crippen molar-refractivity contribution in [1.29, 1.82) is 0 Å². The third-order valence-electron chi connectivity index (χ3n) is 2.14. The number of carbonyl (C=O) groups is 1. The number of aliphatic hydroxyl groups is 1. The standard InChI is InChI=1S/C11H15NO2/c1-12(11(14)9-13)8-7-10-5-3-2-4-6-10/h2-6,13H,7-9H2,1H3. The summed E-state index contributed by atoms with van der Waals surface area (Å²) in [7, 11) is 1.70. The SMILES string of the molecule is CN(CCc1ccccc1)C(=O)CO. The molecule has 1 amide bonds. The highest BCUT2D eigenvalue weighted by molar-refractivity contribution is 5.76. The van der Waals surface area contributed by atoms with E-state index >= 15 is 0 Å². The van der Waals surface area contributed by atoms with Gasteiger partial charge in [-0.15, -0.1) is 0 Å². The molecule has 0 unspecified atom stereocenters. The number of benzene rings is 1. The first kappa shape index (κ1) is 10.7. The average molecular weight is 193 g/mol. The Morgan fingerprint density at radius 1 is 1.36 bits per heavy atom. The molecule has 1 rings (SSSR count). The van der Waals surface area contributed by atoms with Crippen LogP contribution in [0, 0.1) is 0 Å². The molecule has 0 aliphatic rings. The van der Waals surface area contributed by atoms with Crippen molar-refractivity contribution in [2.45, 2.75) is 6.42 Å². The molecule has 0 aromatic heterocycles. The van der Waals surface area contributed by atoms with E-state index in [0.717, 1.165) is 6.42 Å². The molecule has 0 fully saturated rings. The van der Waals surface area contributed by atoms with Crippen LogP contribution < -0.4 is 0 Å². The van der Waals surface area contributed by atoms with Crippen molar-refractivity contribution in [3.63, 3.8) is 0 Å². The number of nitrogens with zero attached hydrogens (tertiary/aromatic N) is 1. The summed E-state index contributed by atoms with van der Waals surface area (Å²) in [6.07, 6.45) is 0.822. The third kappa shape index (κ3) is 3.18. The topological polar surface area (TPSA) is 40.5 Å². The highest BCUT2D eigenvalue weighted by Gasteiger charge is 2.05. The maximum atomic E-state index is 11.0. The van der Waals surface area contributed by atoms with Crippen molar-refractivity contribution < 1.29 is 9.90 Å². The first-order chi connectivity index (χ1) is 6.74. The van der Waals surface area contributed by atoms with Crippen molar-refractivity contribution in [1.82, 2.24) is 4.90 Å². The molecule has 3 nitrogen and oxygen atoms in total. The molecule has 0 radical (unpaired) electrons. The first-order valence-electron chi connectivity index (χ1n) is 4.63. The van der Waals surface area contributed by atoms with Crippen molar-refractivity contribution in [3.8, 4) is 0 Å². The van der Waals surface area contributed by atoms with E-state index in [1.807, 2.05) is 30.3 Å². The Kier molecular flexibility index (Phi) is 4.13. The van der Waals surface area contributed by atoms with Gasteiger partial charge in [0.25, 0.3) is 0 Å². The molecule has 3 heteroatoms. The Hall–Kier alpha value is -1.35. The predicted octanol–water partition coefficient (Wildman–Crippen LogP) is 0.680. The van der Waals surface area contributed by atoms with Gasteiger partial charge in [0.05, 0.1) is 0 Å². The second kappa shape index (κ2) is 5.40. The molecule has 0 aliphatic heterocycles. The summed E-state index contributed by atoms with van der Waals surface area (Å²) < 4.78 is 0. The van der Waals surface area contributed by atoms with Crippen LogP contribution >= 0.6 is 0 Å². The molecule has 0 heterocycles. The van der Waals surface area contributed by atoms with Gasteiger partial charge in [0, 0.05) is 13.6 Å². The predicted molar refractivity (Wildman–Crippen MR) is 54.9 cm³/mol. The molecule has 0 spiro atoms. The van der Waals surface area contributed by atoms with Gasteiger partial charge in [0.2, 0.25) is 5.91 Å².